The third-order valence-corrected chi connectivity index (χ3v) is 2.28. The van der Waals surface area contributed by atoms with Crippen LogP contribution < -0.4 is 0 Å². The van der Waals surface area contributed by atoms with Crippen LogP contribution in [0.4, 0.5) is 13.2 Å². The van der Waals surface area contributed by atoms with Crippen LogP contribution in [0.5, 0.6) is 5.75 Å². The smallest absolute Gasteiger partial charge is 0.416 e. The third-order valence-electron chi connectivity index (χ3n) is 2.28. The monoisotopic (exact) mass is 262 g/mol. The zero-order valence-electron chi connectivity index (χ0n) is 9.75. The van der Waals surface area contributed by atoms with Crippen LogP contribution >= 0.6 is 0 Å². The molecule has 0 aliphatic rings. The highest BCUT2D eigenvalue weighted by Gasteiger charge is 2.31. The van der Waals surface area contributed by atoms with Crippen LogP contribution in [-0.4, -0.2) is 17.7 Å². The van der Waals surface area contributed by atoms with Crippen molar-refractivity contribution in [2.75, 3.05) is 6.61 Å². The molecule has 0 radical (unpaired) electrons. The average Bonchev–Trinajstić information content (AvgIpc) is 2.27. The lowest BCUT2D eigenvalue weighted by atomic mass is 10.1. The standard InChI is InChI=1S/C12H13F3O3/c1-2-3-6-18-11(17)9-5-4-8(7-10(9)16)12(13,14)15/h4-5,7,16H,2-3,6H2,1H3. The van der Waals surface area contributed by atoms with Gasteiger partial charge in [0.05, 0.1) is 12.2 Å². The van der Waals surface area contributed by atoms with E-state index in [1.807, 2.05) is 6.92 Å². The fourth-order valence-corrected chi connectivity index (χ4v) is 1.27. The molecule has 1 rings (SSSR count). The van der Waals surface area contributed by atoms with E-state index in [9.17, 15) is 23.1 Å². The van der Waals surface area contributed by atoms with Gasteiger partial charge in [-0.2, -0.15) is 13.2 Å². The number of benzene rings is 1. The molecule has 1 N–H and O–H groups in total. The lowest BCUT2D eigenvalue weighted by Crippen LogP contribution is -2.09. The summed E-state index contributed by atoms with van der Waals surface area (Å²) in [6.45, 7) is 2.08. The van der Waals surface area contributed by atoms with Crippen LogP contribution in [0.2, 0.25) is 0 Å². The summed E-state index contributed by atoms with van der Waals surface area (Å²) in [5, 5.41) is 9.38. The van der Waals surface area contributed by atoms with Gasteiger partial charge in [-0.1, -0.05) is 13.3 Å². The second kappa shape index (κ2) is 5.75. The molecule has 0 fully saturated rings. The van der Waals surface area contributed by atoms with E-state index in [-0.39, 0.29) is 12.2 Å². The van der Waals surface area contributed by atoms with Gasteiger partial charge in [0.1, 0.15) is 11.3 Å². The molecular weight excluding hydrogens is 249 g/mol. The zero-order valence-corrected chi connectivity index (χ0v) is 9.75. The van der Waals surface area contributed by atoms with Crippen molar-refractivity contribution in [3.63, 3.8) is 0 Å². The van der Waals surface area contributed by atoms with Crippen molar-refractivity contribution in [2.24, 2.45) is 0 Å². The van der Waals surface area contributed by atoms with Crippen LogP contribution in [0.3, 0.4) is 0 Å². The summed E-state index contributed by atoms with van der Waals surface area (Å²) in [4.78, 5) is 11.4. The van der Waals surface area contributed by atoms with Gasteiger partial charge in [0, 0.05) is 0 Å². The van der Waals surface area contributed by atoms with Gasteiger partial charge < -0.3 is 9.84 Å². The topological polar surface area (TPSA) is 46.5 Å². The highest BCUT2D eigenvalue weighted by Crippen LogP contribution is 2.32. The average molecular weight is 262 g/mol. The number of hydrogen-bond acceptors (Lipinski definition) is 3. The highest BCUT2D eigenvalue weighted by atomic mass is 19.4. The minimum Gasteiger partial charge on any atom is -0.507 e. The SMILES string of the molecule is CCCCOC(=O)c1ccc(C(F)(F)F)cc1O. The fraction of sp³-hybridized carbons (Fsp3) is 0.417. The second-order valence-electron chi connectivity index (χ2n) is 3.72. The van der Waals surface area contributed by atoms with E-state index in [1.165, 1.54) is 0 Å². The Labute approximate surface area is 102 Å². The molecule has 0 heterocycles. The van der Waals surface area contributed by atoms with Gasteiger partial charge in [-0.25, -0.2) is 4.79 Å². The van der Waals surface area contributed by atoms with Crippen molar-refractivity contribution in [2.45, 2.75) is 25.9 Å². The fourth-order valence-electron chi connectivity index (χ4n) is 1.27. The second-order valence-corrected chi connectivity index (χ2v) is 3.72. The minimum absolute atomic E-state index is 0.176. The Kier molecular flexibility index (Phi) is 4.58. The van der Waals surface area contributed by atoms with Gasteiger partial charge in [-0.15, -0.1) is 0 Å². The molecule has 0 amide bonds. The van der Waals surface area contributed by atoms with Gasteiger partial charge in [-0.3, -0.25) is 0 Å². The van der Waals surface area contributed by atoms with Crippen molar-refractivity contribution in [3.05, 3.63) is 29.3 Å². The van der Waals surface area contributed by atoms with E-state index >= 15 is 0 Å². The Morgan fingerprint density at radius 2 is 2.06 bits per heavy atom. The first kappa shape index (κ1) is 14.3. The molecule has 0 unspecified atom stereocenters. The van der Waals surface area contributed by atoms with Crippen molar-refractivity contribution >= 4 is 5.97 Å². The summed E-state index contributed by atoms with van der Waals surface area (Å²) in [6, 6.07) is 2.15. The normalized spacial score (nSPS) is 11.3. The van der Waals surface area contributed by atoms with Gasteiger partial charge >= 0.3 is 12.1 Å². The Hall–Kier alpha value is -1.72. The number of carbonyl (C=O) groups excluding carboxylic acids is 1. The third kappa shape index (κ3) is 3.65. The van der Waals surface area contributed by atoms with E-state index in [1.54, 1.807) is 0 Å². The molecule has 0 aliphatic carbocycles. The minimum atomic E-state index is -4.55. The van der Waals surface area contributed by atoms with E-state index in [0.29, 0.717) is 12.5 Å². The molecule has 6 heteroatoms. The van der Waals surface area contributed by atoms with E-state index < -0.39 is 23.5 Å². The first-order valence-corrected chi connectivity index (χ1v) is 5.43. The molecule has 0 atom stereocenters. The van der Waals surface area contributed by atoms with E-state index in [0.717, 1.165) is 18.6 Å². The van der Waals surface area contributed by atoms with Crippen LogP contribution in [0.1, 0.15) is 35.7 Å². The zero-order chi connectivity index (χ0) is 13.8. The Morgan fingerprint density at radius 1 is 1.39 bits per heavy atom. The lowest BCUT2D eigenvalue weighted by Gasteiger charge is -2.09. The molecule has 0 spiro atoms. The van der Waals surface area contributed by atoms with Crippen molar-refractivity contribution in [1.82, 2.24) is 0 Å². The Balaban J connectivity index is 2.82. The summed E-state index contributed by atoms with van der Waals surface area (Å²) in [7, 11) is 0. The lowest BCUT2D eigenvalue weighted by molar-refractivity contribution is -0.137. The Bertz CT molecular complexity index is 427. The van der Waals surface area contributed by atoms with E-state index in [4.69, 9.17) is 4.74 Å². The van der Waals surface area contributed by atoms with Crippen LogP contribution in [-0.2, 0) is 10.9 Å². The molecule has 1 aromatic carbocycles. The predicted molar refractivity (Wildman–Crippen MR) is 58.3 cm³/mol. The maximum Gasteiger partial charge on any atom is 0.416 e. The molecular formula is C12H13F3O3. The molecule has 0 aromatic heterocycles. The molecule has 18 heavy (non-hydrogen) atoms. The summed E-state index contributed by atoms with van der Waals surface area (Å²) in [6.07, 6.45) is -3.07. The van der Waals surface area contributed by atoms with Gasteiger partial charge in [-0.05, 0) is 24.6 Å². The number of halogens is 3. The maximum atomic E-state index is 12.3. The first-order chi connectivity index (χ1) is 8.36. The van der Waals surface area contributed by atoms with Gasteiger partial charge in [0.2, 0.25) is 0 Å². The van der Waals surface area contributed by atoms with Crippen LogP contribution in [0, 0.1) is 0 Å². The molecule has 100 valence electrons. The summed E-state index contributed by atoms with van der Waals surface area (Å²) < 4.78 is 41.8. The van der Waals surface area contributed by atoms with Crippen molar-refractivity contribution in [3.8, 4) is 5.75 Å². The number of esters is 1. The molecule has 3 nitrogen and oxygen atoms in total. The van der Waals surface area contributed by atoms with E-state index in [2.05, 4.69) is 0 Å². The quantitative estimate of drug-likeness (QED) is 0.668. The Morgan fingerprint density at radius 3 is 2.56 bits per heavy atom. The molecule has 0 saturated heterocycles. The molecule has 1 aromatic rings. The number of carbonyl (C=O) groups is 1. The summed E-state index contributed by atoms with van der Waals surface area (Å²) in [5.41, 5.74) is -1.27. The number of unbranched alkanes of at least 4 members (excludes halogenated alkanes) is 1. The largest absolute Gasteiger partial charge is 0.507 e. The van der Waals surface area contributed by atoms with Crippen molar-refractivity contribution in [1.29, 1.82) is 0 Å². The summed E-state index contributed by atoms with van der Waals surface area (Å²) in [5.74, 6) is -1.55. The number of ether oxygens (including phenoxy) is 1. The van der Waals surface area contributed by atoms with Gasteiger partial charge in [0.15, 0.2) is 0 Å². The maximum absolute atomic E-state index is 12.3. The molecule has 0 aliphatic heterocycles. The van der Waals surface area contributed by atoms with Crippen LogP contribution in [0.25, 0.3) is 0 Å². The number of phenols is 1. The van der Waals surface area contributed by atoms with Crippen LogP contribution in [0.15, 0.2) is 18.2 Å². The number of hydrogen-bond donors (Lipinski definition) is 1. The number of rotatable bonds is 4. The molecule has 0 saturated carbocycles. The first-order valence-electron chi connectivity index (χ1n) is 5.43. The molecule has 0 bridgehead atoms. The predicted octanol–water partition coefficient (Wildman–Crippen LogP) is 3.37. The number of alkyl halides is 3. The highest BCUT2D eigenvalue weighted by molar-refractivity contribution is 5.92. The number of aromatic hydroxyl groups is 1. The number of phenolic OH excluding ortho intramolecular Hbond substituents is 1. The summed E-state index contributed by atoms with van der Waals surface area (Å²) >= 11 is 0. The van der Waals surface area contributed by atoms with Crippen molar-refractivity contribution < 1.29 is 27.8 Å². The van der Waals surface area contributed by atoms with Gasteiger partial charge in [0.25, 0.3) is 0 Å².